The van der Waals surface area contributed by atoms with Gasteiger partial charge in [-0.15, -0.1) is 0 Å². The van der Waals surface area contributed by atoms with E-state index in [1.54, 1.807) is 18.3 Å². The molecule has 0 aliphatic heterocycles. The molecule has 2 aromatic rings. The first-order valence-electron chi connectivity index (χ1n) is 6.88. The number of nitrogens with one attached hydrogen (secondary N) is 1. The molecular formula is C16H17BrF2N2. The topological polar surface area (TPSA) is 24.9 Å². The van der Waals surface area contributed by atoms with Gasteiger partial charge in [0.05, 0.1) is 6.20 Å². The second-order valence-corrected chi connectivity index (χ2v) is 5.80. The molecule has 1 atom stereocenters. The number of halogens is 3. The Morgan fingerprint density at radius 1 is 1.24 bits per heavy atom. The largest absolute Gasteiger partial charge is 0.310 e. The summed E-state index contributed by atoms with van der Waals surface area (Å²) in [4.78, 5) is 3.88. The molecule has 0 amide bonds. The fourth-order valence-electron chi connectivity index (χ4n) is 2.16. The van der Waals surface area contributed by atoms with Crippen molar-refractivity contribution in [1.82, 2.24) is 10.3 Å². The zero-order valence-corrected chi connectivity index (χ0v) is 13.3. The summed E-state index contributed by atoms with van der Waals surface area (Å²) in [7, 11) is 0. The summed E-state index contributed by atoms with van der Waals surface area (Å²) in [5.74, 6) is -0.642. The molecule has 0 aliphatic rings. The predicted molar refractivity (Wildman–Crippen MR) is 83.0 cm³/mol. The van der Waals surface area contributed by atoms with E-state index in [-0.39, 0.29) is 17.7 Å². The van der Waals surface area contributed by atoms with Crippen LogP contribution in [0.25, 0.3) is 0 Å². The van der Waals surface area contributed by atoms with Crippen LogP contribution in [0.5, 0.6) is 0 Å². The van der Waals surface area contributed by atoms with Crippen LogP contribution in [0, 0.1) is 11.6 Å². The smallest absolute Gasteiger partial charge is 0.141 e. The molecule has 1 aromatic heterocycles. The minimum Gasteiger partial charge on any atom is -0.310 e. The first-order chi connectivity index (χ1) is 10.1. The lowest BCUT2D eigenvalue weighted by Crippen LogP contribution is -2.24. The average molecular weight is 355 g/mol. The van der Waals surface area contributed by atoms with Crippen LogP contribution in [-0.2, 0) is 6.42 Å². The third-order valence-electron chi connectivity index (χ3n) is 3.20. The molecule has 0 bridgehead atoms. The summed E-state index contributed by atoms with van der Waals surface area (Å²) in [5.41, 5.74) is 1.31. The van der Waals surface area contributed by atoms with Gasteiger partial charge >= 0.3 is 0 Å². The number of hydrogen-bond donors (Lipinski definition) is 1. The van der Waals surface area contributed by atoms with E-state index in [2.05, 4.69) is 26.2 Å². The Labute approximate surface area is 131 Å². The molecule has 1 unspecified atom stereocenters. The molecule has 5 heteroatoms. The van der Waals surface area contributed by atoms with E-state index < -0.39 is 0 Å². The summed E-state index contributed by atoms with van der Waals surface area (Å²) < 4.78 is 28.1. The van der Waals surface area contributed by atoms with E-state index in [1.807, 2.05) is 6.92 Å². The van der Waals surface area contributed by atoms with E-state index in [4.69, 9.17) is 0 Å². The highest BCUT2D eigenvalue weighted by molar-refractivity contribution is 9.10. The van der Waals surface area contributed by atoms with Crippen molar-refractivity contribution in [1.29, 1.82) is 0 Å². The van der Waals surface area contributed by atoms with Crippen molar-refractivity contribution in [3.63, 3.8) is 0 Å². The van der Waals surface area contributed by atoms with Gasteiger partial charge in [-0.25, -0.2) is 8.78 Å². The number of benzene rings is 1. The van der Waals surface area contributed by atoms with E-state index >= 15 is 0 Å². The van der Waals surface area contributed by atoms with Crippen molar-refractivity contribution < 1.29 is 8.78 Å². The molecule has 2 nitrogen and oxygen atoms in total. The molecule has 21 heavy (non-hydrogen) atoms. The Morgan fingerprint density at radius 2 is 2.05 bits per heavy atom. The monoisotopic (exact) mass is 354 g/mol. The molecule has 0 saturated heterocycles. The fourth-order valence-corrected chi connectivity index (χ4v) is 2.57. The second kappa shape index (κ2) is 7.61. The van der Waals surface area contributed by atoms with Crippen LogP contribution in [0.3, 0.4) is 0 Å². The number of hydrogen-bond acceptors (Lipinski definition) is 2. The molecular weight excluding hydrogens is 338 g/mol. The molecule has 1 N–H and O–H groups in total. The Balaban J connectivity index is 2.25. The van der Waals surface area contributed by atoms with Gasteiger partial charge in [0.25, 0.3) is 0 Å². The Hall–Kier alpha value is -1.33. The summed E-state index contributed by atoms with van der Waals surface area (Å²) in [5, 5.41) is 3.32. The molecule has 0 saturated carbocycles. The standard InChI is InChI=1S/C16H17BrF2N2/c1-2-5-21-16(12-7-14(18)10-20-9-12)8-11-6-13(17)3-4-15(11)19/h3-4,6-7,9-10,16,21H,2,5,8H2,1H3. The molecule has 1 heterocycles. The van der Waals surface area contributed by atoms with Crippen molar-refractivity contribution in [2.45, 2.75) is 25.8 Å². The van der Waals surface area contributed by atoms with Gasteiger partial charge in [-0.2, -0.15) is 0 Å². The Kier molecular flexibility index (Phi) is 5.82. The Morgan fingerprint density at radius 3 is 2.76 bits per heavy atom. The Bertz CT molecular complexity index is 605. The third kappa shape index (κ3) is 4.58. The number of rotatable bonds is 6. The van der Waals surface area contributed by atoms with E-state index in [9.17, 15) is 8.78 Å². The van der Waals surface area contributed by atoms with Gasteiger partial charge in [0.15, 0.2) is 0 Å². The third-order valence-corrected chi connectivity index (χ3v) is 3.69. The molecule has 1 aromatic carbocycles. The number of aromatic nitrogens is 1. The highest BCUT2D eigenvalue weighted by Gasteiger charge is 2.15. The lowest BCUT2D eigenvalue weighted by atomic mass is 9.99. The maximum Gasteiger partial charge on any atom is 0.141 e. The van der Waals surface area contributed by atoms with Gasteiger partial charge in [-0.3, -0.25) is 4.98 Å². The SMILES string of the molecule is CCCNC(Cc1cc(Br)ccc1F)c1cncc(F)c1. The second-order valence-electron chi connectivity index (χ2n) is 4.88. The summed E-state index contributed by atoms with van der Waals surface area (Å²) in [6, 6.07) is 6.12. The number of nitrogens with zero attached hydrogens (tertiary/aromatic N) is 1. The van der Waals surface area contributed by atoms with Crippen LogP contribution in [0.2, 0.25) is 0 Å². The minimum atomic E-state index is -0.384. The molecule has 0 radical (unpaired) electrons. The summed E-state index contributed by atoms with van der Waals surface area (Å²) in [6.07, 6.45) is 4.17. The van der Waals surface area contributed by atoms with Crippen LogP contribution >= 0.6 is 15.9 Å². The zero-order chi connectivity index (χ0) is 15.2. The van der Waals surface area contributed by atoms with Crippen LogP contribution in [0.4, 0.5) is 8.78 Å². The first-order valence-corrected chi connectivity index (χ1v) is 7.67. The van der Waals surface area contributed by atoms with E-state index in [0.717, 1.165) is 23.0 Å². The van der Waals surface area contributed by atoms with Gasteiger partial charge in [0.1, 0.15) is 11.6 Å². The summed E-state index contributed by atoms with van der Waals surface area (Å²) in [6.45, 7) is 2.82. The molecule has 0 spiro atoms. The maximum atomic E-state index is 13.9. The normalized spacial score (nSPS) is 12.4. The quantitative estimate of drug-likeness (QED) is 0.831. The van der Waals surface area contributed by atoms with E-state index in [0.29, 0.717) is 12.0 Å². The first kappa shape index (κ1) is 16.0. The average Bonchev–Trinajstić information content (AvgIpc) is 2.47. The highest BCUT2D eigenvalue weighted by atomic mass is 79.9. The van der Waals surface area contributed by atoms with Gasteiger partial charge in [-0.1, -0.05) is 22.9 Å². The zero-order valence-electron chi connectivity index (χ0n) is 11.7. The number of pyridine rings is 1. The minimum absolute atomic E-state index is 0.169. The molecule has 0 aliphatic carbocycles. The summed E-state index contributed by atoms with van der Waals surface area (Å²) >= 11 is 3.35. The fraction of sp³-hybridized carbons (Fsp3) is 0.312. The van der Waals surface area contributed by atoms with Crippen molar-refractivity contribution in [2.24, 2.45) is 0 Å². The molecule has 0 fully saturated rings. The highest BCUT2D eigenvalue weighted by Crippen LogP contribution is 2.23. The van der Waals surface area contributed by atoms with Crippen LogP contribution in [-0.4, -0.2) is 11.5 Å². The van der Waals surface area contributed by atoms with Crippen molar-refractivity contribution in [3.8, 4) is 0 Å². The molecule has 2 rings (SSSR count). The van der Waals surface area contributed by atoms with Gasteiger partial charge in [-0.05, 0) is 54.8 Å². The van der Waals surface area contributed by atoms with Gasteiger partial charge in [0, 0.05) is 16.7 Å². The van der Waals surface area contributed by atoms with Gasteiger partial charge < -0.3 is 5.32 Å². The van der Waals surface area contributed by atoms with Crippen LogP contribution in [0.1, 0.15) is 30.5 Å². The van der Waals surface area contributed by atoms with E-state index in [1.165, 1.54) is 18.3 Å². The van der Waals surface area contributed by atoms with Crippen molar-refractivity contribution in [2.75, 3.05) is 6.54 Å². The van der Waals surface area contributed by atoms with Crippen molar-refractivity contribution in [3.05, 3.63) is 63.9 Å². The molecule has 112 valence electrons. The lowest BCUT2D eigenvalue weighted by molar-refractivity contribution is 0.507. The van der Waals surface area contributed by atoms with Gasteiger partial charge in [0.2, 0.25) is 0 Å². The lowest BCUT2D eigenvalue weighted by Gasteiger charge is -2.19. The van der Waals surface area contributed by atoms with Crippen LogP contribution < -0.4 is 5.32 Å². The van der Waals surface area contributed by atoms with Crippen molar-refractivity contribution >= 4 is 15.9 Å². The van der Waals surface area contributed by atoms with Crippen LogP contribution in [0.15, 0.2) is 41.1 Å². The maximum absolute atomic E-state index is 13.9. The predicted octanol–water partition coefficient (Wildman–Crippen LogP) is 4.41.